The molecule has 1 aliphatic rings. The van der Waals surface area contributed by atoms with Gasteiger partial charge in [-0.25, -0.2) is 8.42 Å². The maximum absolute atomic E-state index is 13.3. The van der Waals surface area contributed by atoms with Crippen LogP contribution in [0, 0.1) is 6.92 Å². The third kappa shape index (κ3) is 8.42. The number of rotatable bonds is 13. The van der Waals surface area contributed by atoms with Crippen LogP contribution >= 0.6 is 0 Å². The average Bonchev–Trinajstić information content (AvgIpc) is 2.85. The summed E-state index contributed by atoms with van der Waals surface area (Å²) in [6.07, 6.45) is 7.21. The van der Waals surface area contributed by atoms with Crippen molar-refractivity contribution in [3.63, 3.8) is 0 Å². The van der Waals surface area contributed by atoms with E-state index in [9.17, 15) is 8.42 Å². The van der Waals surface area contributed by atoms with E-state index < -0.39 is 10.0 Å². The van der Waals surface area contributed by atoms with Gasteiger partial charge in [-0.15, -0.1) is 0 Å². The van der Waals surface area contributed by atoms with Crippen molar-refractivity contribution in [1.82, 2.24) is 14.5 Å². The molecule has 1 N–H and O–H groups in total. The predicted molar refractivity (Wildman–Crippen MR) is 146 cm³/mol. The number of nitrogens with one attached hydrogen (secondary N) is 1. The molecule has 0 aliphatic carbocycles. The summed E-state index contributed by atoms with van der Waals surface area (Å²) in [6, 6.07) is 17.1. The van der Waals surface area contributed by atoms with Gasteiger partial charge in [0.15, 0.2) is 0 Å². The van der Waals surface area contributed by atoms with Crippen molar-refractivity contribution >= 4 is 10.0 Å². The van der Waals surface area contributed by atoms with Crippen molar-refractivity contribution in [3.05, 3.63) is 65.2 Å². The van der Waals surface area contributed by atoms with Crippen LogP contribution in [-0.4, -0.2) is 56.9 Å². The normalized spacial score (nSPS) is 17.4. The van der Waals surface area contributed by atoms with Gasteiger partial charge in [-0.3, -0.25) is 0 Å². The van der Waals surface area contributed by atoms with Gasteiger partial charge in [-0.05, 0) is 62.4 Å². The highest BCUT2D eigenvalue weighted by Crippen LogP contribution is 2.28. The van der Waals surface area contributed by atoms with Gasteiger partial charge >= 0.3 is 0 Å². The predicted octanol–water partition coefficient (Wildman–Crippen LogP) is 5.55. The van der Waals surface area contributed by atoms with E-state index in [1.54, 1.807) is 4.31 Å². The van der Waals surface area contributed by atoms with Crippen LogP contribution in [0.4, 0.5) is 0 Å². The molecule has 5 nitrogen and oxygen atoms in total. The van der Waals surface area contributed by atoms with Gasteiger partial charge in [0, 0.05) is 38.8 Å². The van der Waals surface area contributed by atoms with Crippen LogP contribution in [0.3, 0.4) is 0 Å². The van der Waals surface area contributed by atoms with E-state index in [0.29, 0.717) is 29.9 Å². The fourth-order valence-corrected chi connectivity index (χ4v) is 6.46. The van der Waals surface area contributed by atoms with E-state index in [0.717, 1.165) is 37.2 Å². The number of likely N-dealkylation sites (N-methyl/N-ethyl adjacent to an activating group) is 1. The van der Waals surface area contributed by atoms with Crippen molar-refractivity contribution < 1.29 is 8.42 Å². The van der Waals surface area contributed by atoms with Crippen LogP contribution in [0.2, 0.25) is 0 Å². The van der Waals surface area contributed by atoms with E-state index in [-0.39, 0.29) is 0 Å². The molecule has 3 rings (SSSR count). The molecule has 194 valence electrons. The Labute approximate surface area is 214 Å². The lowest BCUT2D eigenvalue weighted by Gasteiger charge is -2.32. The molecule has 2 aromatic carbocycles. The van der Waals surface area contributed by atoms with Crippen molar-refractivity contribution in [3.8, 4) is 0 Å². The van der Waals surface area contributed by atoms with Crippen LogP contribution in [0.15, 0.2) is 53.4 Å². The van der Waals surface area contributed by atoms with Crippen molar-refractivity contribution in [2.45, 2.75) is 82.7 Å². The summed E-state index contributed by atoms with van der Waals surface area (Å²) in [5.41, 5.74) is 3.32. The first-order valence-electron chi connectivity index (χ1n) is 13.3. The zero-order valence-electron chi connectivity index (χ0n) is 22.2. The number of hydrogen-bond acceptors (Lipinski definition) is 4. The fourth-order valence-electron chi connectivity index (χ4n) is 4.78. The molecule has 0 amide bonds. The van der Waals surface area contributed by atoms with Gasteiger partial charge in [-0.1, -0.05) is 75.1 Å². The van der Waals surface area contributed by atoms with Gasteiger partial charge in [0.1, 0.15) is 0 Å². The minimum Gasteiger partial charge on any atom is -0.310 e. The largest absolute Gasteiger partial charge is 0.310 e. The maximum Gasteiger partial charge on any atom is 0.243 e. The molecule has 35 heavy (non-hydrogen) atoms. The smallest absolute Gasteiger partial charge is 0.243 e. The second kappa shape index (κ2) is 13.5. The summed E-state index contributed by atoms with van der Waals surface area (Å²) in [5, 5.41) is 3.62. The molecule has 0 bridgehead atoms. The first-order chi connectivity index (χ1) is 16.8. The number of sulfonamides is 1. The van der Waals surface area contributed by atoms with Crippen LogP contribution in [0.1, 0.15) is 75.0 Å². The second-order valence-electron chi connectivity index (χ2n) is 10.4. The SMILES string of the molecule is Cc1ccc(C(C)CCCCCCC(C)NCc2ccccc2)cc1S(=O)(=O)N1CCN(C)CC1. The number of hydrogen-bond donors (Lipinski definition) is 1. The zero-order chi connectivity index (χ0) is 25.3. The molecule has 1 aliphatic heterocycles. The first kappa shape index (κ1) is 27.9. The highest BCUT2D eigenvalue weighted by Gasteiger charge is 2.29. The topological polar surface area (TPSA) is 52.7 Å². The summed E-state index contributed by atoms with van der Waals surface area (Å²) in [6.45, 7) is 10.1. The summed E-state index contributed by atoms with van der Waals surface area (Å²) in [5.74, 6) is 0.364. The molecule has 0 spiro atoms. The molecule has 0 saturated carbocycles. The van der Waals surface area contributed by atoms with E-state index in [1.807, 2.05) is 26.1 Å². The molecule has 6 heteroatoms. The highest BCUT2D eigenvalue weighted by molar-refractivity contribution is 7.89. The minimum absolute atomic E-state index is 0.364. The quantitative estimate of drug-likeness (QED) is 0.367. The Morgan fingerprint density at radius 1 is 0.886 bits per heavy atom. The summed E-state index contributed by atoms with van der Waals surface area (Å²) in [4.78, 5) is 2.67. The van der Waals surface area contributed by atoms with Crippen LogP contribution in [0.5, 0.6) is 0 Å². The molecular weight excluding hydrogens is 454 g/mol. The third-order valence-corrected chi connectivity index (χ3v) is 9.42. The standard InChI is InChI=1S/C29H45N3O2S/c1-24(12-8-5-6-9-13-26(3)30-23-27-14-10-7-11-15-27)28-17-16-25(2)29(22-28)35(33,34)32-20-18-31(4)19-21-32/h7,10-11,14-17,22,24,26,30H,5-6,8-9,12-13,18-21,23H2,1-4H3. The Morgan fingerprint density at radius 3 is 2.23 bits per heavy atom. The van der Waals surface area contributed by atoms with E-state index in [2.05, 4.69) is 60.5 Å². The molecule has 2 unspecified atom stereocenters. The van der Waals surface area contributed by atoms with Crippen molar-refractivity contribution in [2.24, 2.45) is 0 Å². The van der Waals surface area contributed by atoms with Crippen LogP contribution in [0.25, 0.3) is 0 Å². The fraction of sp³-hybridized carbons (Fsp3) is 0.586. The third-order valence-electron chi connectivity index (χ3n) is 7.38. The van der Waals surface area contributed by atoms with E-state index in [4.69, 9.17) is 0 Å². The van der Waals surface area contributed by atoms with Gasteiger partial charge in [0.25, 0.3) is 0 Å². The first-order valence-corrected chi connectivity index (χ1v) is 14.8. The highest BCUT2D eigenvalue weighted by atomic mass is 32.2. The lowest BCUT2D eigenvalue weighted by molar-refractivity contribution is 0.222. The Balaban J connectivity index is 1.40. The second-order valence-corrected chi connectivity index (χ2v) is 12.3. The maximum atomic E-state index is 13.3. The number of unbranched alkanes of at least 4 members (excludes halogenated alkanes) is 3. The summed E-state index contributed by atoms with van der Waals surface area (Å²) < 4.78 is 28.3. The lowest BCUT2D eigenvalue weighted by Crippen LogP contribution is -2.47. The molecule has 1 saturated heterocycles. The number of aryl methyl sites for hydroxylation is 1. The van der Waals surface area contributed by atoms with Crippen molar-refractivity contribution in [2.75, 3.05) is 33.2 Å². The molecule has 1 fully saturated rings. The Morgan fingerprint density at radius 2 is 1.54 bits per heavy atom. The molecule has 2 aromatic rings. The Bertz CT molecular complexity index is 1000. The van der Waals surface area contributed by atoms with E-state index >= 15 is 0 Å². The molecule has 0 aromatic heterocycles. The number of piperazine rings is 1. The molecule has 0 radical (unpaired) electrons. The molecule has 1 heterocycles. The van der Waals surface area contributed by atoms with Crippen molar-refractivity contribution in [1.29, 1.82) is 0 Å². The van der Waals surface area contributed by atoms with Gasteiger partial charge in [0.2, 0.25) is 10.0 Å². The molecular formula is C29H45N3O2S. The van der Waals surface area contributed by atoms with Gasteiger partial charge in [-0.2, -0.15) is 4.31 Å². The molecule has 2 atom stereocenters. The number of nitrogens with zero attached hydrogens (tertiary/aromatic N) is 2. The Kier molecular flexibility index (Phi) is 10.8. The minimum atomic E-state index is -3.43. The summed E-state index contributed by atoms with van der Waals surface area (Å²) in [7, 11) is -1.39. The monoisotopic (exact) mass is 499 g/mol. The summed E-state index contributed by atoms with van der Waals surface area (Å²) >= 11 is 0. The Hall–Kier alpha value is -1.73. The van der Waals surface area contributed by atoms with Crippen LogP contribution in [-0.2, 0) is 16.6 Å². The average molecular weight is 500 g/mol. The van der Waals surface area contributed by atoms with Gasteiger partial charge in [0.05, 0.1) is 4.90 Å². The lowest BCUT2D eigenvalue weighted by atomic mass is 9.94. The van der Waals surface area contributed by atoms with Gasteiger partial charge < -0.3 is 10.2 Å². The van der Waals surface area contributed by atoms with E-state index in [1.165, 1.54) is 37.7 Å². The van der Waals surface area contributed by atoms with Crippen LogP contribution < -0.4 is 5.32 Å². The zero-order valence-corrected chi connectivity index (χ0v) is 23.0. The number of benzene rings is 2.